The third kappa shape index (κ3) is 3.49. The van der Waals surface area contributed by atoms with E-state index in [0.29, 0.717) is 12.1 Å². The van der Waals surface area contributed by atoms with Gasteiger partial charge in [-0.2, -0.15) is 5.10 Å². The molecule has 0 amide bonds. The Morgan fingerprint density at radius 3 is 2.21 bits per heavy atom. The summed E-state index contributed by atoms with van der Waals surface area (Å²) in [5.41, 5.74) is 3.37. The summed E-state index contributed by atoms with van der Waals surface area (Å²) in [5.74, 6) is 0.197. The zero-order valence-corrected chi connectivity index (χ0v) is 15.8. The van der Waals surface area contributed by atoms with Crippen LogP contribution in [0.15, 0.2) is 88.9 Å². The first-order valence-corrected chi connectivity index (χ1v) is 10.3. The highest BCUT2D eigenvalue weighted by Gasteiger charge is 2.31. The SMILES string of the molecule is NS(=O)(=O)c1ccc(N2N=C(c3ccccc3)CC2c2ccccc2O)cc1. The lowest BCUT2D eigenvalue weighted by molar-refractivity contribution is 0.461. The van der Waals surface area contributed by atoms with Gasteiger partial charge >= 0.3 is 0 Å². The molecule has 28 heavy (non-hydrogen) atoms. The zero-order valence-electron chi connectivity index (χ0n) is 14.9. The van der Waals surface area contributed by atoms with E-state index in [9.17, 15) is 13.5 Å². The van der Waals surface area contributed by atoms with E-state index in [0.717, 1.165) is 16.8 Å². The number of nitrogens with two attached hydrogens (primary N) is 1. The van der Waals surface area contributed by atoms with Crippen LogP contribution >= 0.6 is 0 Å². The summed E-state index contributed by atoms with van der Waals surface area (Å²) in [6, 6.07) is 23.1. The van der Waals surface area contributed by atoms with E-state index in [1.54, 1.807) is 24.3 Å². The van der Waals surface area contributed by atoms with Crippen LogP contribution < -0.4 is 10.1 Å². The number of anilines is 1. The molecule has 0 aromatic heterocycles. The fraction of sp³-hybridized carbons (Fsp3) is 0.0952. The summed E-state index contributed by atoms with van der Waals surface area (Å²) < 4.78 is 23.1. The molecule has 3 aromatic carbocycles. The molecule has 0 saturated carbocycles. The molecule has 3 aromatic rings. The maximum atomic E-state index is 11.5. The van der Waals surface area contributed by atoms with Gasteiger partial charge in [-0.3, -0.25) is 5.01 Å². The molecule has 6 nitrogen and oxygen atoms in total. The van der Waals surface area contributed by atoms with Crippen LogP contribution in [-0.2, 0) is 10.0 Å². The summed E-state index contributed by atoms with van der Waals surface area (Å²) >= 11 is 0. The molecule has 4 rings (SSSR count). The molecule has 0 radical (unpaired) electrons. The minimum absolute atomic E-state index is 0.0433. The topological polar surface area (TPSA) is 96.0 Å². The first-order chi connectivity index (χ1) is 13.4. The van der Waals surface area contributed by atoms with Crippen molar-refractivity contribution in [3.8, 4) is 5.75 Å². The average molecular weight is 393 g/mol. The largest absolute Gasteiger partial charge is 0.508 e. The third-order valence-electron chi connectivity index (χ3n) is 4.74. The molecule has 0 spiro atoms. The second kappa shape index (κ2) is 7.10. The van der Waals surface area contributed by atoms with Crippen molar-refractivity contribution in [1.29, 1.82) is 0 Å². The van der Waals surface area contributed by atoms with Gasteiger partial charge < -0.3 is 5.11 Å². The molecule has 1 aliphatic rings. The lowest BCUT2D eigenvalue weighted by Crippen LogP contribution is -2.19. The smallest absolute Gasteiger partial charge is 0.238 e. The number of nitrogens with zero attached hydrogens (tertiary/aromatic N) is 2. The predicted molar refractivity (Wildman–Crippen MR) is 109 cm³/mol. The Balaban J connectivity index is 1.77. The van der Waals surface area contributed by atoms with Crippen LogP contribution in [0.3, 0.4) is 0 Å². The van der Waals surface area contributed by atoms with Gasteiger partial charge in [-0.1, -0.05) is 48.5 Å². The summed E-state index contributed by atoms with van der Waals surface area (Å²) in [6.07, 6.45) is 0.610. The molecule has 1 heterocycles. The van der Waals surface area contributed by atoms with Crippen LogP contribution in [0.4, 0.5) is 5.69 Å². The second-order valence-electron chi connectivity index (χ2n) is 6.57. The van der Waals surface area contributed by atoms with Gasteiger partial charge in [-0.15, -0.1) is 0 Å². The molecule has 7 heteroatoms. The molecule has 0 saturated heterocycles. The van der Waals surface area contributed by atoms with Crippen molar-refractivity contribution in [3.63, 3.8) is 0 Å². The number of phenolic OH excluding ortho intramolecular Hbond substituents is 1. The molecule has 0 bridgehead atoms. The molecule has 142 valence electrons. The Labute approximate surface area is 163 Å². The molecule has 1 unspecified atom stereocenters. The molecule has 1 aliphatic heterocycles. The van der Waals surface area contributed by atoms with Crippen LogP contribution in [0.1, 0.15) is 23.6 Å². The van der Waals surface area contributed by atoms with Crippen molar-refractivity contribution in [1.82, 2.24) is 0 Å². The molecular formula is C21H19N3O3S. The van der Waals surface area contributed by atoms with Gasteiger partial charge in [0.15, 0.2) is 0 Å². The highest BCUT2D eigenvalue weighted by Crippen LogP contribution is 2.39. The number of para-hydroxylation sites is 1. The van der Waals surface area contributed by atoms with Gasteiger partial charge in [0.2, 0.25) is 10.0 Å². The van der Waals surface area contributed by atoms with Gasteiger partial charge in [-0.05, 0) is 35.9 Å². The van der Waals surface area contributed by atoms with Crippen molar-refractivity contribution >= 4 is 21.4 Å². The van der Waals surface area contributed by atoms with Crippen molar-refractivity contribution < 1.29 is 13.5 Å². The first-order valence-electron chi connectivity index (χ1n) is 8.76. The average Bonchev–Trinajstić information content (AvgIpc) is 3.14. The quantitative estimate of drug-likeness (QED) is 0.710. The maximum absolute atomic E-state index is 11.5. The Morgan fingerprint density at radius 1 is 0.929 bits per heavy atom. The highest BCUT2D eigenvalue weighted by atomic mass is 32.2. The van der Waals surface area contributed by atoms with E-state index >= 15 is 0 Å². The van der Waals surface area contributed by atoms with Gasteiger partial charge in [0, 0.05) is 12.0 Å². The minimum atomic E-state index is -3.76. The van der Waals surface area contributed by atoms with Gasteiger partial charge in [0.1, 0.15) is 5.75 Å². The maximum Gasteiger partial charge on any atom is 0.238 e. The molecule has 1 atom stereocenters. The Morgan fingerprint density at radius 2 is 1.57 bits per heavy atom. The number of hydrogen-bond acceptors (Lipinski definition) is 5. The van der Waals surface area contributed by atoms with Crippen LogP contribution in [0.2, 0.25) is 0 Å². The number of hydrazone groups is 1. The summed E-state index contributed by atoms with van der Waals surface area (Å²) in [4.78, 5) is 0.0433. The number of benzene rings is 3. The molecule has 0 fully saturated rings. The fourth-order valence-electron chi connectivity index (χ4n) is 3.35. The number of phenols is 1. The monoisotopic (exact) mass is 393 g/mol. The third-order valence-corrected chi connectivity index (χ3v) is 5.67. The zero-order chi connectivity index (χ0) is 19.7. The van der Waals surface area contributed by atoms with E-state index in [1.807, 2.05) is 47.5 Å². The molecular weight excluding hydrogens is 374 g/mol. The van der Waals surface area contributed by atoms with Gasteiger partial charge in [-0.25, -0.2) is 13.6 Å². The number of sulfonamides is 1. The normalized spacial score (nSPS) is 16.8. The van der Waals surface area contributed by atoms with E-state index < -0.39 is 10.0 Å². The standard InChI is InChI=1S/C21H19N3O3S/c22-28(26,27)17-12-10-16(11-13-17)24-20(18-8-4-5-9-21(18)25)14-19(23-24)15-6-2-1-3-7-15/h1-13,20,25H,14H2,(H2,22,26,27). The van der Waals surface area contributed by atoms with Crippen LogP contribution in [-0.4, -0.2) is 19.2 Å². The molecule has 0 aliphatic carbocycles. The number of hydrogen-bond donors (Lipinski definition) is 2. The van der Waals surface area contributed by atoms with Crippen molar-refractivity contribution in [2.75, 3.05) is 5.01 Å². The van der Waals surface area contributed by atoms with Gasteiger partial charge in [0.25, 0.3) is 0 Å². The number of primary sulfonamides is 1. The second-order valence-corrected chi connectivity index (χ2v) is 8.14. The molecule has 3 N–H and O–H groups in total. The lowest BCUT2D eigenvalue weighted by Gasteiger charge is -2.24. The van der Waals surface area contributed by atoms with Crippen molar-refractivity contribution in [3.05, 3.63) is 90.0 Å². The Bertz CT molecular complexity index is 1130. The Hall–Kier alpha value is -3.16. The summed E-state index contributed by atoms with van der Waals surface area (Å²) in [7, 11) is -3.76. The van der Waals surface area contributed by atoms with E-state index in [4.69, 9.17) is 10.2 Å². The first kappa shape index (κ1) is 18.2. The number of rotatable bonds is 4. The minimum Gasteiger partial charge on any atom is -0.508 e. The highest BCUT2D eigenvalue weighted by molar-refractivity contribution is 7.89. The summed E-state index contributed by atoms with van der Waals surface area (Å²) in [5, 5.41) is 22.2. The van der Waals surface area contributed by atoms with E-state index in [-0.39, 0.29) is 16.7 Å². The van der Waals surface area contributed by atoms with Gasteiger partial charge in [0.05, 0.1) is 22.3 Å². The lowest BCUT2D eigenvalue weighted by atomic mass is 9.97. The van der Waals surface area contributed by atoms with E-state index in [1.165, 1.54) is 12.1 Å². The predicted octanol–water partition coefficient (Wildman–Crippen LogP) is 3.40. The number of aromatic hydroxyl groups is 1. The van der Waals surface area contributed by atoms with Crippen LogP contribution in [0.25, 0.3) is 0 Å². The van der Waals surface area contributed by atoms with Crippen LogP contribution in [0, 0.1) is 0 Å². The fourth-order valence-corrected chi connectivity index (χ4v) is 3.87. The van der Waals surface area contributed by atoms with Crippen LogP contribution in [0.5, 0.6) is 5.75 Å². The Kier molecular flexibility index (Phi) is 4.62. The van der Waals surface area contributed by atoms with Crippen molar-refractivity contribution in [2.45, 2.75) is 17.4 Å². The van der Waals surface area contributed by atoms with Crippen molar-refractivity contribution in [2.24, 2.45) is 10.2 Å². The summed E-state index contributed by atoms with van der Waals surface area (Å²) in [6.45, 7) is 0. The van der Waals surface area contributed by atoms with E-state index in [2.05, 4.69) is 0 Å².